The van der Waals surface area contributed by atoms with Crippen LogP contribution in [0.5, 0.6) is 11.5 Å². The van der Waals surface area contributed by atoms with Crippen LogP contribution in [0.3, 0.4) is 0 Å². The van der Waals surface area contributed by atoms with Crippen LogP contribution in [0.2, 0.25) is 0 Å². The Hall–Kier alpha value is -4.74. The van der Waals surface area contributed by atoms with E-state index in [2.05, 4.69) is 42.5 Å². The van der Waals surface area contributed by atoms with Gasteiger partial charge in [0.15, 0.2) is 6.61 Å². The molecule has 9 nitrogen and oxygen atoms in total. The number of anilines is 2. The Balaban J connectivity index is 1.28. The number of hydrogen-bond donors (Lipinski definition) is 2. The van der Waals surface area contributed by atoms with Crippen molar-refractivity contribution >= 4 is 73.1 Å². The van der Waals surface area contributed by atoms with Crippen LogP contribution < -0.4 is 25.0 Å². The first-order valence-corrected chi connectivity index (χ1v) is 14.5. The molecule has 4 aromatic carbocycles. The predicted molar refractivity (Wildman–Crippen MR) is 169 cm³/mol. The molecule has 0 radical (unpaired) electrons. The van der Waals surface area contributed by atoms with Crippen molar-refractivity contribution in [1.82, 2.24) is 5.32 Å². The van der Waals surface area contributed by atoms with E-state index in [9.17, 15) is 19.2 Å². The Labute approximate surface area is 263 Å². The van der Waals surface area contributed by atoms with Crippen molar-refractivity contribution in [1.29, 1.82) is 0 Å². The Bertz CT molecular complexity index is 1690. The Morgan fingerprint density at radius 1 is 0.837 bits per heavy atom. The second-order valence-electron chi connectivity index (χ2n) is 9.24. The Kier molecular flexibility index (Phi) is 9.33. The molecule has 11 heteroatoms. The fourth-order valence-electron chi connectivity index (χ4n) is 4.15. The third kappa shape index (κ3) is 7.37. The van der Waals surface area contributed by atoms with Crippen LogP contribution in [0, 0.1) is 0 Å². The summed E-state index contributed by atoms with van der Waals surface area (Å²) in [6.07, 6.45) is 1.37. The number of halogens is 2. The van der Waals surface area contributed by atoms with Crippen LogP contribution in [-0.2, 0) is 21.0 Å². The van der Waals surface area contributed by atoms with Crippen molar-refractivity contribution in [2.45, 2.75) is 6.61 Å². The highest BCUT2D eigenvalue weighted by molar-refractivity contribution is 9.11. The molecule has 0 aromatic heterocycles. The average Bonchev–Trinajstić information content (AvgIpc) is 2.99. The first-order valence-electron chi connectivity index (χ1n) is 12.9. The van der Waals surface area contributed by atoms with Crippen molar-refractivity contribution in [3.05, 3.63) is 123 Å². The average molecular weight is 705 g/mol. The maximum Gasteiger partial charge on any atom is 0.335 e. The summed E-state index contributed by atoms with van der Waals surface area (Å²) in [5, 5.41) is 4.96. The van der Waals surface area contributed by atoms with E-state index in [4.69, 9.17) is 9.47 Å². The van der Waals surface area contributed by atoms with E-state index in [1.54, 1.807) is 48.5 Å². The molecule has 1 aliphatic heterocycles. The summed E-state index contributed by atoms with van der Waals surface area (Å²) in [5.74, 6) is -1.03. The van der Waals surface area contributed by atoms with E-state index in [0.717, 1.165) is 10.5 Å². The van der Waals surface area contributed by atoms with Gasteiger partial charge in [0, 0.05) is 5.69 Å². The van der Waals surface area contributed by atoms with Gasteiger partial charge >= 0.3 is 6.03 Å². The number of imide groups is 2. The SMILES string of the molecule is O=C(COc1c(Br)cc(/C=C2/C(=O)NC(=O)N(c3ccc(OCc4ccccc4)cc3)C2=O)cc1Br)Nc1ccccc1. The van der Waals surface area contributed by atoms with Crippen molar-refractivity contribution in [3.8, 4) is 11.5 Å². The first kappa shape index (κ1) is 29.7. The second-order valence-corrected chi connectivity index (χ2v) is 11.0. The number of nitrogens with one attached hydrogen (secondary N) is 2. The van der Waals surface area contributed by atoms with Crippen LogP contribution in [0.25, 0.3) is 6.08 Å². The fraction of sp³-hybridized carbons (Fsp3) is 0.0625. The number of carbonyl (C=O) groups excluding carboxylic acids is 4. The summed E-state index contributed by atoms with van der Waals surface area (Å²) in [6, 6.07) is 27.5. The smallest absolute Gasteiger partial charge is 0.335 e. The molecule has 1 heterocycles. The van der Waals surface area contributed by atoms with Crippen molar-refractivity contribution < 1.29 is 28.7 Å². The zero-order valence-corrected chi connectivity index (χ0v) is 25.6. The molecule has 0 atom stereocenters. The normalized spacial score (nSPS) is 14.0. The predicted octanol–water partition coefficient (Wildman–Crippen LogP) is 6.47. The molecule has 1 fully saturated rings. The molecule has 0 bridgehead atoms. The monoisotopic (exact) mass is 703 g/mol. The summed E-state index contributed by atoms with van der Waals surface area (Å²) in [4.78, 5) is 51.9. The molecule has 4 aromatic rings. The number of carbonyl (C=O) groups is 4. The maximum atomic E-state index is 13.4. The first-order chi connectivity index (χ1) is 20.8. The highest BCUT2D eigenvalue weighted by atomic mass is 79.9. The lowest BCUT2D eigenvalue weighted by Crippen LogP contribution is -2.54. The van der Waals surface area contributed by atoms with Crippen LogP contribution >= 0.6 is 31.9 Å². The molecule has 5 rings (SSSR count). The number of barbiturate groups is 1. The second kappa shape index (κ2) is 13.5. The van der Waals surface area contributed by atoms with Gasteiger partial charge in [-0.25, -0.2) is 9.69 Å². The third-order valence-electron chi connectivity index (χ3n) is 6.18. The largest absolute Gasteiger partial charge is 0.489 e. The van der Waals surface area contributed by atoms with E-state index in [-0.39, 0.29) is 23.8 Å². The lowest BCUT2D eigenvalue weighted by molar-refractivity contribution is -0.122. The Morgan fingerprint density at radius 3 is 2.12 bits per heavy atom. The van der Waals surface area contributed by atoms with Gasteiger partial charge in [-0.1, -0.05) is 48.5 Å². The van der Waals surface area contributed by atoms with Gasteiger partial charge in [0.25, 0.3) is 17.7 Å². The topological polar surface area (TPSA) is 114 Å². The van der Waals surface area contributed by atoms with E-state index in [0.29, 0.717) is 38.3 Å². The minimum absolute atomic E-state index is 0.237. The number of amides is 5. The van der Waals surface area contributed by atoms with Gasteiger partial charge < -0.3 is 14.8 Å². The molecule has 0 aliphatic carbocycles. The molecule has 0 unspecified atom stereocenters. The highest BCUT2D eigenvalue weighted by Gasteiger charge is 2.37. The number of ether oxygens (including phenoxy) is 2. The van der Waals surface area contributed by atoms with Gasteiger partial charge in [-0.2, -0.15) is 0 Å². The number of urea groups is 1. The summed E-state index contributed by atoms with van der Waals surface area (Å²) >= 11 is 6.85. The molecule has 5 amide bonds. The van der Waals surface area contributed by atoms with Gasteiger partial charge in [0.2, 0.25) is 0 Å². The van der Waals surface area contributed by atoms with E-state index in [1.807, 2.05) is 48.5 Å². The molecule has 0 saturated carbocycles. The minimum atomic E-state index is -0.856. The molecular weight excluding hydrogens is 682 g/mol. The van der Waals surface area contributed by atoms with Gasteiger partial charge in [0.1, 0.15) is 23.7 Å². The van der Waals surface area contributed by atoms with Crippen LogP contribution in [0.1, 0.15) is 11.1 Å². The van der Waals surface area contributed by atoms with Gasteiger partial charge in [-0.15, -0.1) is 0 Å². The zero-order valence-electron chi connectivity index (χ0n) is 22.4. The number of hydrogen-bond acceptors (Lipinski definition) is 6. The van der Waals surface area contributed by atoms with Crippen LogP contribution in [0.4, 0.5) is 16.2 Å². The molecule has 0 spiro atoms. The lowest BCUT2D eigenvalue weighted by Gasteiger charge is -2.26. The van der Waals surface area contributed by atoms with E-state index >= 15 is 0 Å². The van der Waals surface area contributed by atoms with Crippen molar-refractivity contribution in [2.75, 3.05) is 16.8 Å². The summed E-state index contributed by atoms with van der Waals surface area (Å²) in [6.45, 7) is 0.112. The lowest BCUT2D eigenvalue weighted by atomic mass is 10.1. The van der Waals surface area contributed by atoms with Gasteiger partial charge in [-0.3, -0.25) is 19.7 Å². The van der Waals surface area contributed by atoms with Crippen LogP contribution in [-0.4, -0.2) is 30.4 Å². The Morgan fingerprint density at radius 2 is 1.47 bits per heavy atom. The molecule has 1 aliphatic rings. The third-order valence-corrected chi connectivity index (χ3v) is 7.36. The fourth-order valence-corrected chi connectivity index (χ4v) is 5.60. The molecule has 1 saturated heterocycles. The van der Waals surface area contributed by atoms with Crippen LogP contribution in [0.15, 0.2) is 112 Å². The van der Waals surface area contributed by atoms with E-state index in [1.165, 1.54) is 6.08 Å². The summed E-state index contributed by atoms with van der Waals surface area (Å²) < 4.78 is 12.4. The minimum Gasteiger partial charge on any atom is -0.489 e. The summed E-state index contributed by atoms with van der Waals surface area (Å²) in [5.41, 5.74) is 2.15. The standard InChI is InChI=1S/C32H23Br2N3O6/c33-26-16-21(17-27(34)29(26)43-19-28(38)35-22-9-5-2-6-10-22)15-25-30(39)36-32(41)37(31(25)40)23-11-13-24(14-12-23)42-18-20-7-3-1-4-8-20/h1-17H,18-19H2,(H,35,38)(H,36,39,41)/b25-15-. The molecule has 2 N–H and O–H groups in total. The quantitative estimate of drug-likeness (QED) is 0.153. The maximum absolute atomic E-state index is 13.4. The zero-order chi connectivity index (χ0) is 30.3. The molecule has 216 valence electrons. The van der Waals surface area contributed by atoms with Crippen molar-refractivity contribution in [2.24, 2.45) is 0 Å². The number of para-hydroxylation sites is 1. The summed E-state index contributed by atoms with van der Waals surface area (Å²) in [7, 11) is 0. The number of rotatable bonds is 9. The molecule has 43 heavy (non-hydrogen) atoms. The number of nitrogens with zero attached hydrogens (tertiary/aromatic N) is 1. The molecular formula is C32H23Br2N3O6. The number of benzene rings is 4. The highest BCUT2D eigenvalue weighted by Crippen LogP contribution is 2.36. The van der Waals surface area contributed by atoms with E-state index < -0.39 is 17.8 Å². The van der Waals surface area contributed by atoms with Gasteiger partial charge in [-0.05, 0) is 97.6 Å². The van der Waals surface area contributed by atoms with Crippen molar-refractivity contribution in [3.63, 3.8) is 0 Å². The van der Waals surface area contributed by atoms with Gasteiger partial charge in [0.05, 0.1) is 14.6 Å².